The van der Waals surface area contributed by atoms with Crippen LogP contribution in [-0.4, -0.2) is 12.8 Å². The Morgan fingerprint density at radius 3 is 2.46 bits per heavy atom. The molecule has 13 heavy (non-hydrogen) atoms. The molecule has 1 aromatic heterocycles. The fourth-order valence-corrected chi connectivity index (χ4v) is 3.50. The van der Waals surface area contributed by atoms with Gasteiger partial charge in [-0.25, -0.2) is 0 Å². The van der Waals surface area contributed by atoms with Crippen LogP contribution in [0.2, 0.25) is 0 Å². The SMILES string of the molecule is CSc1sc(CCCN)c(C)c1C. The molecule has 0 aliphatic rings. The Morgan fingerprint density at radius 1 is 1.31 bits per heavy atom. The van der Waals surface area contributed by atoms with E-state index in [1.165, 1.54) is 20.2 Å². The highest BCUT2D eigenvalue weighted by atomic mass is 32.2. The van der Waals surface area contributed by atoms with Crippen molar-refractivity contribution in [3.63, 3.8) is 0 Å². The van der Waals surface area contributed by atoms with Gasteiger partial charge in [-0.15, -0.1) is 23.1 Å². The summed E-state index contributed by atoms with van der Waals surface area (Å²) in [7, 11) is 0. The molecule has 0 aromatic carbocycles. The van der Waals surface area contributed by atoms with E-state index in [1.807, 2.05) is 23.1 Å². The van der Waals surface area contributed by atoms with Crippen molar-refractivity contribution in [2.45, 2.75) is 30.9 Å². The summed E-state index contributed by atoms with van der Waals surface area (Å²) in [6.07, 6.45) is 4.40. The standard InChI is InChI=1S/C10H17NS2/c1-7-8(2)10(12-3)13-9(7)5-4-6-11/h4-6,11H2,1-3H3. The van der Waals surface area contributed by atoms with Gasteiger partial charge in [0, 0.05) is 4.88 Å². The summed E-state index contributed by atoms with van der Waals surface area (Å²) in [5, 5.41) is 0. The summed E-state index contributed by atoms with van der Waals surface area (Å²) < 4.78 is 1.46. The molecule has 0 atom stereocenters. The lowest BCUT2D eigenvalue weighted by Gasteiger charge is -1.97. The van der Waals surface area contributed by atoms with E-state index in [9.17, 15) is 0 Å². The van der Waals surface area contributed by atoms with Gasteiger partial charge in [0.25, 0.3) is 0 Å². The molecule has 3 heteroatoms. The Hall–Kier alpha value is 0.01000. The fraction of sp³-hybridized carbons (Fsp3) is 0.600. The molecule has 0 spiro atoms. The molecular weight excluding hydrogens is 198 g/mol. The molecule has 0 radical (unpaired) electrons. The average Bonchev–Trinajstić information content (AvgIpc) is 2.41. The van der Waals surface area contributed by atoms with E-state index in [0.717, 1.165) is 19.4 Å². The van der Waals surface area contributed by atoms with Crippen LogP contribution in [0.25, 0.3) is 0 Å². The summed E-state index contributed by atoms with van der Waals surface area (Å²) >= 11 is 3.78. The number of aryl methyl sites for hydroxylation is 1. The van der Waals surface area contributed by atoms with Crippen LogP contribution < -0.4 is 5.73 Å². The molecule has 0 aliphatic carbocycles. The predicted octanol–water partition coefficient (Wildman–Crippen LogP) is 2.98. The zero-order valence-electron chi connectivity index (χ0n) is 8.52. The number of thiophene rings is 1. The molecule has 0 saturated carbocycles. The third kappa shape index (κ3) is 2.48. The lowest BCUT2D eigenvalue weighted by atomic mass is 10.1. The van der Waals surface area contributed by atoms with Crippen molar-refractivity contribution in [3.05, 3.63) is 16.0 Å². The average molecular weight is 215 g/mol. The maximum atomic E-state index is 5.50. The van der Waals surface area contributed by atoms with E-state index in [2.05, 4.69) is 20.1 Å². The molecule has 0 bridgehead atoms. The Kier molecular flexibility index (Phi) is 4.29. The summed E-state index contributed by atoms with van der Waals surface area (Å²) in [5.41, 5.74) is 8.44. The Balaban J connectivity index is 2.82. The van der Waals surface area contributed by atoms with Crippen molar-refractivity contribution >= 4 is 23.1 Å². The van der Waals surface area contributed by atoms with E-state index in [1.54, 1.807) is 0 Å². The zero-order valence-corrected chi connectivity index (χ0v) is 10.1. The number of rotatable bonds is 4. The molecule has 0 unspecified atom stereocenters. The van der Waals surface area contributed by atoms with E-state index < -0.39 is 0 Å². The second kappa shape index (κ2) is 5.03. The molecule has 2 N–H and O–H groups in total. The van der Waals surface area contributed by atoms with Gasteiger partial charge in [-0.2, -0.15) is 0 Å². The molecule has 74 valence electrons. The van der Waals surface area contributed by atoms with Gasteiger partial charge >= 0.3 is 0 Å². The van der Waals surface area contributed by atoms with Gasteiger partial charge in [0.2, 0.25) is 0 Å². The lowest BCUT2D eigenvalue weighted by Crippen LogP contribution is -1.99. The van der Waals surface area contributed by atoms with Crippen molar-refractivity contribution in [2.24, 2.45) is 5.73 Å². The van der Waals surface area contributed by atoms with Gasteiger partial charge in [0.05, 0.1) is 4.21 Å². The highest BCUT2D eigenvalue weighted by Crippen LogP contribution is 2.34. The van der Waals surface area contributed by atoms with Crippen LogP contribution in [0.5, 0.6) is 0 Å². The second-order valence-electron chi connectivity index (χ2n) is 3.16. The molecule has 0 saturated heterocycles. The van der Waals surface area contributed by atoms with Gasteiger partial charge in [0.15, 0.2) is 0 Å². The van der Waals surface area contributed by atoms with Crippen molar-refractivity contribution in [1.29, 1.82) is 0 Å². The van der Waals surface area contributed by atoms with Gasteiger partial charge in [-0.3, -0.25) is 0 Å². The van der Waals surface area contributed by atoms with Crippen molar-refractivity contribution in [2.75, 3.05) is 12.8 Å². The van der Waals surface area contributed by atoms with Gasteiger partial charge in [-0.05, 0) is 50.6 Å². The third-order valence-electron chi connectivity index (χ3n) is 2.30. The quantitative estimate of drug-likeness (QED) is 0.781. The van der Waals surface area contributed by atoms with Gasteiger partial charge < -0.3 is 5.73 Å². The minimum atomic E-state index is 0.797. The summed E-state index contributed by atoms with van der Waals surface area (Å²) in [5.74, 6) is 0. The first-order chi connectivity index (χ1) is 6.20. The van der Waals surface area contributed by atoms with Crippen LogP contribution in [-0.2, 0) is 6.42 Å². The van der Waals surface area contributed by atoms with Crippen LogP contribution in [0.15, 0.2) is 4.21 Å². The van der Waals surface area contributed by atoms with Crippen molar-refractivity contribution < 1.29 is 0 Å². The number of nitrogens with two attached hydrogens (primary N) is 1. The molecule has 1 heterocycles. The fourth-order valence-electron chi connectivity index (χ4n) is 1.32. The third-order valence-corrected chi connectivity index (χ3v) is 4.97. The van der Waals surface area contributed by atoms with Crippen LogP contribution in [0.4, 0.5) is 0 Å². The smallest absolute Gasteiger partial charge is 0.0630 e. The van der Waals surface area contributed by atoms with Crippen molar-refractivity contribution in [1.82, 2.24) is 0 Å². The highest BCUT2D eigenvalue weighted by Gasteiger charge is 2.09. The van der Waals surface area contributed by atoms with Crippen LogP contribution in [0, 0.1) is 13.8 Å². The zero-order chi connectivity index (χ0) is 9.84. The maximum Gasteiger partial charge on any atom is 0.0630 e. The molecular formula is C10H17NS2. The molecule has 0 amide bonds. The van der Waals surface area contributed by atoms with E-state index >= 15 is 0 Å². The number of thioether (sulfide) groups is 1. The normalized spacial score (nSPS) is 10.8. The maximum absolute atomic E-state index is 5.50. The molecule has 1 aromatic rings. The first-order valence-electron chi connectivity index (χ1n) is 4.53. The number of hydrogen-bond donors (Lipinski definition) is 1. The van der Waals surface area contributed by atoms with Crippen molar-refractivity contribution in [3.8, 4) is 0 Å². The van der Waals surface area contributed by atoms with Crippen LogP contribution >= 0.6 is 23.1 Å². The van der Waals surface area contributed by atoms with Crippen LogP contribution in [0.3, 0.4) is 0 Å². The Bertz CT molecular complexity index is 279. The molecule has 1 rings (SSSR count). The first-order valence-corrected chi connectivity index (χ1v) is 6.57. The van der Waals surface area contributed by atoms with E-state index in [4.69, 9.17) is 5.73 Å². The summed E-state index contributed by atoms with van der Waals surface area (Å²) in [6, 6.07) is 0. The largest absolute Gasteiger partial charge is 0.330 e. The minimum absolute atomic E-state index is 0.797. The highest BCUT2D eigenvalue weighted by molar-refractivity contribution is 8.00. The number of hydrogen-bond acceptors (Lipinski definition) is 3. The van der Waals surface area contributed by atoms with E-state index in [0.29, 0.717) is 0 Å². The molecule has 0 fully saturated rings. The predicted molar refractivity (Wildman–Crippen MR) is 62.9 cm³/mol. The Labute approximate surface area is 88.7 Å². The minimum Gasteiger partial charge on any atom is -0.330 e. The lowest BCUT2D eigenvalue weighted by molar-refractivity contribution is 0.839. The molecule has 1 nitrogen and oxygen atoms in total. The topological polar surface area (TPSA) is 26.0 Å². The second-order valence-corrected chi connectivity index (χ2v) is 5.34. The summed E-state index contributed by atoms with van der Waals surface area (Å²) in [4.78, 5) is 1.52. The van der Waals surface area contributed by atoms with Gasteiger partial charge in [0.1, 0.15) is 0 Å². The first kappa shape index (κ1) is 11.1. The Morgan fingerprint density at radius 2 is 2.00 bits per heavy atom. The van der Waals surface area contributed by atoms with Crippen LogP contribution in [0.1, 0.15) is 22.4 Å². The monoisotopic (exact) mass is 215 g/mol. The van der Waals surface area contributed by atoms with E-state index in [-0.39, 0.29) is 0 Å². The van der Waals surface area contributed by atoms with Gasteiger partial charge in [-0.1, -0.05) is 0 Å². The summed E-state index contributed by atoms with van der Waals surface area (Å²) in [6.45, 7) is 5.23. The molecule has 0 aliphatic heterocycles.